The number of nitrogens with one attached hydrogen (secondary N) is 1. The zero-order valence-corrected chi connectivity index (χ0v) is 13.0. The molecule has 0 bridgehead atoms. The molecule has 0 aromatic heterocycles. The van der Waals surface area contributed by atoms with E-state index in [2.05, 4.69) is 5.32 Å². The summed E-state index contributed by atoms with van der Waals surface area (Å²) in [7, 11) is 0. The van der Waals surface area contributed by atoms with Crippen molar-refractivity contribution in [3.05, 3.63) is 34.4 Å². The third-order valence-corrected chi connectivity index (χ3v) is 2.99. The van der Waals surface area contributed by atoms with Crippen LogP contribution in [0, 0.1) is 16.0 Å². The van der Waals surface area contributed by atoms with E-state index in [1.165, 1.54) is 18.2 Å². The van der Waals surface area contributed by atoms with Crippen LogP contribution < -0.4 is 10.1 Å². The molecule has 1 rings (SSSR count). The van der Waals surface area contributed by atoms with Crippen molar-refractivity contribution in [3.8, 4) is 5.75 Å². The van der Waals surface area contributed by atoms with E-state index < -0.39 is 22.8 Å². The van der Waals surface area contributed by atoms with Gasteiger partial charge >= 0.3 is 11.7 Å². The summed E-state index contributed by atoms with van der Waals surface area (Å²) in [5.74, 6) is -1.37. The molecule has 0 aliphatic heterocycles. The van der Waals surface area contributed by atoms with Crippen LogP contribution in [0.25, 0.3) is 0 Å². The molecule has 8 nitrogen and oxygen atoms in total. The minimum Gasteiger partial charge on any atom is -0.486 e. The minimum absolute atomic E-state index is 0.0715. The highest BCUT2D eigenvalue weighted by molar-refractivity contribution is 5.83. The summed E-state index contributed by atoms with van der Waals surface area (Å²) in [5, 5.41) is 22.3. The summed E-state index contributed by atoms with van der Waals surface area (Å²) in [4.78, 5) is 33.1. The molecule has 1 aromatic carbocycles. The first kappa shape index (κ1) is 18.4. The number of nitro benzene ring substituents is 1. The lowest BCUT2D eigenvalue weighted by atomic mass is 10.0. The van der Waals surface area contributed by atoms with Crippen LogP contribution in [-0.2, 0) is 9.59 Å². The smallest absolute Gasteiger partial charge is 0.326 e. The maximum Gasteiger partial charge on any atom is 0.326 e. The molecule has 0 heterocycles. The lowest BCUT2D eigenvalue weighted by Crippen LogP contribution is -2.42. The number of carbonyl (C=O) groups excluding carboxylic acids is 1. The van der Waals surface area contributed by atoms with Crippen LogP contribution in [0.2, 0.25) is 0 Å². The maximum atomic E-state index is 11.8. The molecule has 0 radical (unpaired) electrons. The number of carboxylic acids is 1. The standard InChI is InChI=1S/C15H20N2O6/c1-10(2)9-11(15(19)20)16-14(18)7-8-23-13-6-4-3-5-12(13)17(21)22/h3-6,10-11H,7-9H2,1-2H3,(H,16,18)(H,19,20). The fourth-order valence-corrected chi connectivity index (χ4v) is 1.94. The number of benzene rings is 1. The van der Waals surface area contributed by atoms with Gasteiger partial charge in [-0.05, 0) is 18.4 Å². The van der Waals surface area contributed by atoms with Gasteiger partial charge in [-0.25, -0.2) is 4.79 Å². The van der Waals surface area contributed by atoms with Gasteiger partial charge in [0.1, 0.15) is 6.04 Å². The minimum atomic E-state index is -1.09. The third kappa shape index (κ3) is 6.33. The first-order valence-electron chi connectivity index (χ1n) is 7.19. The number of hydrogen-bond donors (Lipinski definition) is 2. The number of carboxylic acid groups (broad SMARTS) is 1. The molecule has 1 aromatic rings. The van der Waals surface area contributed by atoms with Gasteiger partial charge in [0.15, 0.2) is 5.75 Å². The van der Waals surface area contributed by atoms with E-state index in [9.17, 15) is 19.7 Å². The summed E-state index contributed by atoms with van der Waals surface area (Å²) in [6.07, 6.45) is 0.236. The van der Waals surface area contributed by atoms with Crippen molar-refractivity contribution in [1.29, 1.82) is 0 Å². The van der Waals surface area contributed by atoms with E-state index in [0.717, 1.165) is 0 Å². The van der Waals surface area contributed by atoms with Gasteiger partial charge in [0.25, 0.3) is 0 Å². The zero-order valence-electron chi connectivity index (χ0n) is 13.0. The number of carbonyl (C=O) groups is 2. The van der Waals surface area contributed by atoms with Crippen LogP contribution in [0.3, 0.4) is 0 Å². The molecule has 0 saturated heterocycles. The molecule has 0 aliphatic carbocycles. The molecule has 0 spiro atoms. The second-order valence-corrected chi connectivity index (χ2v) is 5.41. The summed E-state index contributed by atoms with van der Waals surface area (Å²) < 4.78 is 5.24. The SMILES string of the molecule is CC(C)CC(NC(=O)CCOc1ccccc1[N+](=O)[O-])C(=O)O. The Kier molecular flexibility index (Phi) is 6.98. The second kappa shape index (κ2) is 8.72. The second-order valence-electron chi connectivity index (χ2n) is 5.41. The van der Waals surface area contributed by atoms with E-state index in [0.29, 0.717) is 6.42 Å². The predicted octanol–water partition coefficient (Wildman–Crippen LogP) is 1.98. The number of nitro groups is 1. The fourth-order valence-electron chi connectivity index (χ4n) is 1.94. The van der Waals surface area contributed by atoms with Gasteiger partial charge in [0.05, 0.1) is 18.0 Å². The van der Waals surface area contributed by atoms with E-state index in [1.54, 1.807) is 6.07 Å². The van der Waals surface area contributed by atoms with Gasteiger partial charge < -0.3 is 15.2 Å². The van der Waals surface area contributed by atoms with E-state index in [1.807, 2.05) is 13.8 Å². The molecule has 1 atom stereocenters. The van der Waals surface area contributed by atoms with Gasteiger partial charge in [0.2, 0.25) is 5.91 Å². The maximum absolute atomic E-state index is 11.8. The van der Waals surface area contributed by atoms with Gasteiger partial charge in [-0.2, -0.15) is 0 Å². The van der Waals surface area contributed by atoms with Crippen LogP contribution in [0.4, 0.5) is 5.69 Å². The van der Waals surface area contributed by atoms with E-state index >= 15 is 0 Å². The van der Waals surface area contributed by atoms with E-state index in [4.69, 9.17) is 9.84 Å². The molecule has 0 aliphatic rings. The molecular weight excluding hydrogens is 304 g/mol. The van der Waals surface area contributed by atoms with Crippen molar-refractivity contribution < 1.29 is 24.4 Å². The summed E-state index contributed by atoms with van der Waals surface area (Å²) in [5.41, 5.74) is -0.184. The number of aliphatic carboxylic acids is 1. The Hall–Kier alpha value is -2.64. The number of ether oxygens (including phenoxy) is 1. The molecule has 1 amide bonds. The average Bonchev–Trinajstić information content (AvgIpc) is 2.46. The number of amides is 1. The Bertz CT molecular complexity index is 573. The number of hydrogen-bond acceptors (Lipinski definition) is 5. The van der Waals surface area contributed by atoms with Crippen LogP contribution in [0.15, 0.2) is 24.3 Å². The largest absolute Gasteiger partial charge is 0.486 e. The lowest BCUT2D eigenvalue weighted by molar-refractivity contribution is -0.385. The Balaban J connectivity index is 2.51. The number of nitrogens with zero attached hydrogens (tertiary/aromatic N) is 1. The van der Waals surface area contributed by atoms with Crippen molar-refractivity contribution in [2.24, 2.45) is 5.92 Å². The molecule has 0 saturated carbocycles. The molecule has 126 valence electrons. The highest BCUT2D eigenvalue weighted by Crippen LogP contribution is 2.25. The molecule has 1 unspecified atom stereocenters. The van der Waals surface area contributed by atoms with Crippen molar-refractivity contribution in [2.75, 3.05) is 6.61 Å². The highest BCUT2D eigenvalue weighted by Gasteiger charge is 2.21. The summed E-state index contributed by atoms with van der Waals surface area (Å²) >= 11 is 0. The third-order valence-electron chi connectivity index (χ3n) is 2.99. The molecular formula is C15H20N2O6. The summed E-state index contributed by atoms with van der Waals surface area (Å²) in [6, 6.07) is 4.90. The van der Waals surface area contributed by atoms with Crippen molar-refractivity contribution >= 4 is 17.6 Å². The normalized spacial score (nSPS) is 11.8. The van der Waals surface area contributed by atoms with Gasteiger partial charge in [-0.15, -0.1) is 0 Å². The Morgan fingerprint density at radius 2 is 2.00 bits per heavy atom. The quantitative estimate of drug-likeness (QED) is 0.529. The molecule has 8 heteroatoms. The lowest BCUT2D eigenvalue weighted by Gasteiger charge is -2.16. The molecule has 2 N–H and O–H groups in total. The van der Waals surface area contributed by atoms with Crippen LogP contribution in [-0.4, -0.2) is 34.6 Å². The van der Waals surface area contributed by atoms with Crippen molar-refractivity contribution in [1.82, 2.24) is 5.32 Å². The van der Waals surface area contributed by atoms with Crippen LogP contribution in [0.1, 0.15) is 26.7 Å². The molecule has 23 heavy (non-hydrogen) atoms. The van der Waals surface area contributed by atoms with Crippen molar-refractivity contribution in [2.45, 2.75) is 32.7 Å². The Morgan fingerprint density at radius 3 is 2.57 bits per heavy atom. The van der Waals surface area contributed by atoms with Gasteiger partial charge in [-0.1, -0.05) is 26.0 Å². The molecule has 0 fully saturated rings. The zero-order chi connectivity index (χ0) is 17.4. The average molecular weight is 324 g/mol. The first-order chi connectivity index (χ1) is 10.8. The Morgan fingerprint density at radius 1 is 1.35 bits per heavy atom. The van der Waals surface area contributed by atoms with E-state index in [-0.39, 0.29) is 30.4 Å². The van der Waals surface area contributed by atoms with Gasteiger partial charge in [-0.3, -0.25) is 14.9 Å². The monoisotopic (exact) mass is 324 g/mol. The van der Waals surface area contributed by atoms with Crippen LogP contribution >= 0.6 is 0 Å². The predicted molar refractivity (Wildman–Crippen MR) is 82.2 cm³/mol. The summed E-state index contributed by atoms with van der Waals surface area (Å²) in [6.45, 7) is 3.64. The van der Waals surface area contributed by atoms with Crippen molar-refractivity contribution in [3.63, 3.8) is 0 Å². The Labute approximate surface area is 133 Å². The highest BCUT2D eigenvalue weighted by atomic mass is 16.6. The van der Waals surface area contributed by atoms with Crippen LogP contribution in [0.5, 0.6) is 5.75 Å². The van der Waals surface area contributed by atoms with Gasteiger partial charge in [0, 0.05) is 6.07 Å². The number of rotatable bonds is 9. The fraction of sp³-hybridized carbons (Fsp3) is 0.467. The number of para-hydroxylation sites is 2. The first-order valence-corrected chi connectivity index (χ1v) is 7.19. The topological polar surface area (TPSA) is 119 Å².